The van der Waals surface area contributed by atoms with Crippen LogP contribution in [0.2, 0.25) is 10.0 Å². The first-order valence-corrected chi connectivity index (χ1v) is 7.08. The van der Waals surface area contributed by atoms with Gasteiger partial charge in [-0.3, -0.25) is 4.68 Å². The minimum atomic E-state index is 0.656. The number of fused-ring (bicyclic) bond motifs is 1. The van der Waals surface area contributed by atoms with E-state index in [0.717, 1.165) is 30.9 Å². The molecule has 2 aromatic rings. The monoisotopic (exact) mass is 295 g/mol. The second-order valence-corrected chi connectivity index (χ2v) is 5.71. The Kier molecular flexibility index (Phi) is 3.19. The molecular weight excluding hydrogens is 281 g/mol. The maximum Gasteiger partial charge on any atom is 0.158 e. The van der Waals surface area contributed by atoms with E-state index in [0.29, 0.717) is 10.0 Å². The summed E-state index contributed by atoms with van der Waals surface area (Å²) in [6, 6.07) is 5.61. The van der Waals surface area contributed by atoms with Gasteiger partial charge in [0.05, 0.1) is 10.7 Å². The summed E-state index contributed by atoms with van der Waals surface area (Å²) in [5, 5.41) is 5.95. The Labute approximate surface area is 122 Å². The molecule has 1 aliphatic rings. The Bertz CT molecular complexity index is 634. The number of rotatable bonds is 1. The molecule has 5 heteroatoms. The maximum absolute atomic E-state index is 6.32. The molecule has 19 heavy (non-hydrogen) atoms. The van der Waals surface area contributed by atoms with E-state index in [-0.39, 0.29) is 0 Å². The zero-order chi connectivity index (χ0) is 13.6. The molecule has 0 aliphatic carbocycles. The molecule has 0 fully saturated rings. The largest absolute Gasteiger partial charge is 0.323 e. The van der Waals surface area contributed by atoms with Gasteiger partial charge >= 0.3 is 0 Å². The Hall–Kier alpha value is -1.19. The fourth-order valence-electron chi connectivity index (χ4n) is 2.60. The molecule has 0 bridgehead atoms. The van der Waals surface area contributed by atoms with Gasteiger partial charge < -0.3 is 4.90 Å². The second kappa shape index (κ2) is 4.73. The van der Waals surface area contributed by atoms with Crippen LogP contribution in [0.4, 0.5) is 11.5 Å². The zero-order valence-corrected chi connectivity index (χ0v) is 12.5. The summed E-state index contributed by atoms with van der Waals surface area (Å²) in [5.74, 6) is 1.02. The van der Waals surface area contributed by atoms with Gasteiger partial charge in [-0.15, -0.1) is 0 Å². The summed E-state index contributed by atoms with van der Waals surface area (Å²) in [6.07, 6.45) is 2.19. The predicted molar refractivity (Wildman–Crippen MR) is 79.7 cm³/mol. The fraction of sp³-hybridized carbons (Fsp3) is 0.357. The molecule has 0 spiro atoms. The summed E-state index contributed by atoms with van der Waals surface area (Å²) < 4.78 is 1.94. The first kappa shape index (κ1) is 12.8. The zero-order valence-electron chi connectivity index (χ0n) is 11.0. The van der Waals surface area contributed by atoms with Crippen molar-refractivity contribution in [3.8, 4) is 0 Å². The lowest BCUT2D eigenvalue weighted by atomic mass is 10.0. The SMILES string of the molecule is Cc1c2c(nn1C)N(c1ccc(Cl)cc1Cl)CCC2. The van der Waals surface area contributed by atoms with E-state index in [9.17, 15) is 0 Å². The fourth-order valence-corrected chi connectivity index (χ4v) is 3.11. The topological polar surface area (TPSA) is 21.1 Å². The summed E-state index contributed by atoms with van der Waals surface area (Å²) >= 11 is 12.3. The van der Waals surface area contributed by atoms with Crippen LogP contribution in [0.5, 0.6) is 0 Å². The van der Waals surface area contributed by atoms with Crippen molar-refractivity contribution in [1.29, 1.82) is 0 Å². The predicted octanol–water partition coefficient (Wildman–Crippen LogP) is 4.12. The van der Waals surface area contributed by atoms with Crippen LogP contribution < -0.4 is 4.90 Å². The maximum atomic E-state index is 6.32. The van der Waals surface area contributed by atoms with E-state index in [1.54, 1.807) is 6.07 Å². The highest BCUT2D eigenvalue weighted by atomic mass is 35.5. The highest BCUT2D eigenvalue weighted by Crippen LogP contribution is 2.38. The third-order valence-electron chi connectivity index (χ3n) is 3.70. The molecule has 3 nitrogen and oxygen atoms in total. The van der Waals surface area contributed by atoms with Crippen LogP contribution in [0, 0.1) is 6.92 Å². The van der Waals surface area contributed by atoms with Crippen molar-refractivity contribution >= 4 is 34.7 Å². The average molecular weight is 296 g/mol. The molecule has 0 atom stereocenters. The van der Waals surface area contributed by atoms with E-state index in [1.165, 1.54) is 11.3 Å². The summed E-state index contributed by atoms with van der Waals surface area (Å²) in [5.41, 5.74) is 3.52. The standard InChI is InChI=1S/C14H15Cl2N3/c1-9-11-4-3-7-19(14(11)17-18(9)2)13-6-5-10(15)8-12(13)16/h5-6,8H,3-4,7H2,1-2H3. The lowest BCUT2D eigenvalue weighted by Crippen LogP contribution is -2.24. The number of hydrogen-bond donors (Lipinski definition) is 0. The number of halogens is 2. The van der Waals surface area contributed by atoms with Gasteiger partial charge in [0.25, 0.3) is 0 Å². The van der Waals surface area contributed by atoms with Crippen molar-refractivity contribution in [3.63, 3.8) is 0 Å². The van der Waals surface area contributed by atoms with E-state index in [4.69, 9.17) is 23.2 Å². The quantitative estimate of drug-likeness (QED) is 0.789. The first-order valence-electron chi connectivity index (χ1n) is 6.33. The van der Waals surface area contributed by atoms with Gasteiger partial charge in [0.1, 0.15) is 0 Å². The molecule has 0 saturated carbocycles. The van der Waals surface area contributed by atoms with E-state index < -0.39 is 0 Å². The minimum absolute atomic E-state index is 0.656. The molecule has 1 aromatic heterocycles. The van der Waals surface area contributed by atoms with Crippen LogP contribution in [0.15, 0.2) is 18.2 Å². The Morgan fingerprint density at radius 3 is 2.79 bits per heavy atom. The lowest BCUT2D eigenvalue weighted by molar-refractivity contribution is 0.732. The number of aryl methyl sites for hydroxylation is 1. The molecule has 0 unspecified atom stereocenters. The van der Waals surface area contributed by atoms with Gasteiger partial charge in [-0.25, -0.2) is 0 Å². The lowest BCUT2D eigenvalue weighted by Gasteiger charge is -2.28. The van der Waals surface area contributed by atoms with Crippen molar-refractivity contribution < 1.29 is 0 Å². The molecule has 0 N–H and O–H groups in total. The first-order chi connectivity index (χ1) is 9.08. The third kappa shape index (κ3) is 2.11. The number of aromatic nitrogens is 2. The molecule has 2 heterocycles. The van der Waals surface area contributed by atoms with Gasteiger partial charge in [-0.1, -0.05) is 23.2 Å². The summed E-state index contributed by atoms with van der Waals surface area (Å²) in [7, 11) is 1.98. The molecular formula is C14H15Cl2N3. The number of hydrogen-bond acceptors (Lipinski definition) is 2. The highest BCUT2D eigenvalue weighted by molar-refractivity contribution is 6.36. The Morgan fingerprint density at radius 2 is 2.05 bits per heavy atom. The summed E-state index contributed by atoms with van der Waals surface area (Å²) in [6.45, 7) is 3.05. The second-order valence-electron chi connectivity index (χ2n) is 4.86. The van der Waals surface area contributed by atoms with E-state index in [1.807, 2.05) is 23.9 Å². The van der Waals surface area contributed by atoms with Crippen molar-refractivity contribution in [2.45, 2.75) is 19.8 Å². The van der Waals surface area contributed by atoms with Gasteiger partial charge in [0.2, 0.25) is 0 Å². The van der Waals surface area contributed by atoms with Crippen molar-refractivity contribution in [2.24, 2.45) is 7.05 Å². The molecule has 1 aromatic carbocycles. The molecule has 0 saturated heterocycles. The van der Waals surface area contributed by atoms with Gasteiger partial charge in [-0.2, -0.15) is 5.10 Å². The number of nitrogens with zero attached hydrogens (tertiary/aromatic N) is 3. The van der Waals surface area contributed by atoms with Gasteiger partial charge in [0, 0.05) is 29.9 Å². The number of benzene rings is 1. The average Bonchev–Trinajstić information content (AvgIpc) is 2.66. The Balaban J connectivity index is 2.11. The van der Waals surface area contributed by atoms with E-state index >= 15 is 0 Å². The van der Waals surface area contributed by atoms with E-state index in [2.05, 4.69) is 16.9 Å². The smallest absolute Gasteiger partial charge is 0.158 e. The molecule has 100 valence electrons. The van der Waals surface area contributed by atoms with Gasteiger partial charge in [0.15, 0.2) is 5.82 Å². The molecule has 0 radical (unpaired) electrons. The van der Waals surface area contributed by atoms with Gasteiger partial charge in [-0.05, 0) is 38.0 Å². The Morgan fingerprint density at radius 1 is 1.26 bits per heavy atom. The minimum Gasteiger partial charge on any atom is -0.323 e. The van der Waals surface area contributed by atoms with Crippen LogP contribution in [0.3, 0.4) is 0 Å². The molecule has 0 amide bonds. The van der Waals surface area contributed by atoms with Crippen molar-refractivity contribution in [3.05, 3.63) is 39.5 Å². The third-order valence-corrected chi connectivity index (χ3v) is 4.24. The van der Waals surface area contributed by atoms with Crippen LogP contribution in [-0.4, -0.2) is 16.3 Å². The normalized spacial score (nSPS) is 14.6. The van der Waals surface area contributed by atoms with Crippen LogP contribution in [-0.2, 0) is 13.5 Å². The van der Waals surface area contributed by atoms with Crippen LogP contribution >= 0.6 is 23.2 Å². The number of anilines is 2. The summed E-state index contributed by atoms with van der Waals surface area (Å²) in [4.78, 5) is 2.19. The highest BCUT2D eigenvalue weighted by Gasteiger charge is 2.25. The molecule has 1 aliphatic heterocycles. The van der Waals surface area contributed by atoms with Crippen LogP contribution in [0.25, 0.3) is 0 Å². The van der Waals surface area contributed by atoms with Crippen molar-refractivity contribution in [2.75, 3.05) is 11.4 Å². The van der Waals surface area contributed by atoms with Crippen molar-refractivity contribution in [1.82, 2.24) is 9.78 Å². The van der Waals surface area contributed by atoms with Crippen LogP contribution in [0.1, 0.15) is 17.7 Å². The molecule has 3 rings (SSSR count).